The molecule has 3 N–H and O–H groups in total. The Morgan fingerprint density at radius 3 is 0.742 bits per heavy atom. The second-order valence-electron chi connectivity index (χ2n) is 16.3. The highest BCUT2D eigenvalue weighted by Gasteiger charge is 2.17. The molecule has 0 aliphatic heterocycles. The first kappa shape index (κ1) is 62.7. The average molecular weight is 903 g/mol. The molecular formula is C45H90O17. The summed E-state index contributed by atoms with van der Waals surface area (Å²) in [4.78, 5) is 9.60. The molecule has 0 rings (SSSR count). The summed E-state index contributed by atoms with van der Waals surface area (Å²) in [6, 6.07) is 0. The van der Waals surface area contributed by atoms with Crippen molar-refractivity contribution in [2.45, 2.75) is 176 Å². The molecule has 0 radical (unpaired) electrons. The van der Waals surface area contributed by atoms with E-state index in [1.807, 2.05) is 90.0 Å². The van der Waals surface area contributed by atoms with Crippen LogP contribution in [0.1, 0.15) is 96.9 Å². The van der Waals surface area contributed by atoms with Gasteiger partial charge in [-0.05, 0) is 96.9 Å². The molecule has 0 aromatic rings. The molecule has 0 aromatic carbocycles. The number of aliphatic hydroxyl groups is 2. The first-order valence-corrected chi connectivity index (χ1v) is 22.3. The fourth-order valence-corrected chi connectivity index (χ4v) is 4.46. The van der Waals surface area contributed by atoms with Gasteiger partial charge < -0.3 is 76.9 Å². The van der Waals surface area contributed by atoms with E-state index in [1.165, 1.54) is 6.92 Å². The van der Waals surface area contributed by atoms with Crippen LogP contribution in [0.5, 0.6) is 0 Å². The first-order chi connectivity index (χ1) is 29.2. The number of rotatable bonds is 41. The summed E-state index contributed by atoms with van der Waals surface area (Å²) in [5.41, 5.74) is 0.176. The van der Waals surface area contributed by atoms with E-state index in [0.717, 1.165) is 0 Å². The topological polar surface area (TPSA) is 198 Å². The summed E-state index contributed by atoms with van der Waals surface area (Å²) < 4.78 is 75.3. The summed E-state index contributed by atoms with van der Waals surface area (Å²) in [6.07, 6.45) is -1.95. The number of carboxylic acids is 1. The van der Waals surface area contributed by atoms with E-state index < -0.39 is 12.1 Å². The van der Waals surface area contributed by atoms with Crippen LogP contribution < -0.4 is 0 Å². The third kappa shape index (κ3) is 41.3. The molecule has 0 heterocycles. The quantitative estimate of drug-likeness (QED) is 0.0701. The zero-order chi connectivity index (χ0) is 47.5. The third-order valence-corrected chi connectivity index (χ3v) is 8.48. The lowest BCUT2D eigenvalue weighted by atomic mass is 10.3. The normalized spacial score (nSPS) is 18.2. The molecule has 0 fully saturated rings. The van der Waals surface area contributed by atoms with E-state index in [0.29, 0.717) is 79.3 Å². The Morgan fingerprint density at radius 2 is 0.581 bits per heavy atom. The van der Waals surface area contributed by atoms with Crippen LogP contribution in [0.25, 0.3) is 0 Å². The van der Waals surface area contributed by atoms with Gasteiger partial charge >= 0.3 is 5.97 Å². The van der Waals surface area contributed by atoms with Crippen molar-refractivity contribution in [3.63, 3.8) is 0 Å². The van der Waals surface area contributed by atoms with E-state index in [4.69, 9.17) is 71.8 Å². The maximum Gasteiger partial charge on any atom is 0.330 e. The summed E-state index contributed by atoms with van der Waals surface area (Å²) >= 11 is 0. The molecule has 17 nitrogen and oxygen atoms in total. The molecule has 17 heteroatoms. The summed E-state index contributed by atoms with van der Waals surface area (Å²) in [7, 11) is 0. The third-order valence-electron chi connectivity index (χ3n) is 8.48. The molecule has 0 aliphatic carbocycles. The van der Waals surface area contributed by atoms with Crippen molar-refractivity contribution in [1.82, 2.24) is 0 Å². The maximum absolute atomic E-state index is 9.82. The smallest absolute Gasteiger partial charge is 0.330 e. The number of aliphatic hydroxyl groups excluding tert-OH is 2. The van der Waals surface area contributed by atoms with Gasteiger partial charge in [-0.1, -0.05) is 6.58 Å². The highest BCUT2D eigenvalue weighted by atomic mass is 16.6. The number of hydrogen-bond acceptors (Lipinski definition) is 16. The first-order valence-electron chi connectivity index (χ1n) is 22.3. The zero-order valence-electron chi connectivity index (χ0n) is 40.9. The molecule has 372 valence electrons. The van der Waals surface area contributed by atoms with E-state index in [2.05, 4.69) is 6.58 Å². The predicted octanol–water partition coefficient (Wildman–Crippen LogP) is 4.88. The van der Waals surface area contributed by atoms with Crippen LogP contribution >= 0.6 is 0 Å². The maximum atomic E-state index is 9.82. The van der Waals surface area contributed by atoms with E-state index >= 15 is 0 Å². The van der Waals surface area contributed by atoms with Gasteiger partial charge in [-0.25, -0.2) is 4.79 Å². The lowest BCUT2D eigenvalue weighted by Gasteiger charge is -2.23. The minimum absolute atomic E-state index is 0.00888. The predicted molar refractivity (Wildman–Crippen MR) is 237 cm³/mol. The number of ether oxygens (including phenoxy) is 13. The Kier molecular flexibility index (Phi) is 40.4. The Hall–Kier alpha value is -1.39. The SMILES string of the molecule is C=C(C)C(=O)O.CCOCC(O)COC(C)COC(C)COC(C)COC(C)COC(C)COC(C)COC(C)COC(C)COC(C)COC(C)COC(C)COC(C)CO. The molecule has 0 saturated heterocycles. The molecule has 13 unspecified atom stereocenters. The summed E-state index contributed by atoms with van der Waals surface area (Å²) in [6.45, 7) is 35.7. The van der Waals surface area contributed by atoms with Gasteiger partial charge in [-0.3, -0.25) is 0 Å². The summed E-state index contributed by atoms with van der Waals surface area (Å²) in [5, 5.41) is 26.8. The van der Waals surface area contributed by atoms with E-state index in [1.54, 1.807) is 0 Å². The van der Waals surface area contributed by atoms with Crippen LogP contribution in [0.15, 0.2) is 12.2 Å². The minimum atomic E-state index is -0.935. The van der Waals surface area contributed by atoms with Gasteiger partial charge in [0.1, 0.15) is 6.10 Å². The average Bonchev–Trinajstić information content (AvgIpc) is 3.24. The van der Waals surface area contributed by atoms with Crippen molar-refractivity contribution in [1.29, 1.82) is 0 Å². The van der Waals surface area contributed by atoms with Crippen molar-refractivity contribution < 1.29 is 81.7 Å². The van der Waals surface area contributed by atoms with E-state index in [-0.39, 0.29) is 98.6 Å². The number of carbonyl (C=O) groups is 1. The summed E-state index contributed by atoms with van der Waals surface area (Å²) in [5.74, 6) is -0.935. The Morgan fingerprint density at radius 1 is 0.403 bits per heavy atom. The van der Waals surface area contributed by atoms with Crippen molar-refractivity contribution in [2.75, 3.05) is 99.1 Å². The molecule has 0 bridgehead atoms. The standard InChI is InChI=1S/C41H84O15.C4H6O2/c1-14-44-27-41(43)28-56-40(13)26-55-39(12)25-54-38(11)24-53-37(10)23-52-36(9)22-51-35(8)21-50-34(7)20-49-33(6)19-48-32(5)18-47-31(4)17-46-30(3)16-45-29(2)15-42;1-3(2)4(5)6/h29-43H,14-28H2,1-13H3;1H2,2H3,(H,5,6). The lowest BCUT2D eigenvalue weighted by Crippen LogP contribution is -2.31. The molecule has 0 amide bonds. The fraction of sp³-hybridized carbons (Fsp3) is 0.933. The molecule has 0 spiro atoms. The largest absolute Gasteiger partial charge is 0.478 e. The Labute approximate surface area is 374 Å². The van der Waals surface area contributed by atoms with Crippen LogP contribution in [0.4, 0.5) is 0 Å². The van der Waals surface area contributed by atoms with E-state index in [9.17, 15) is 9.90 Å². The van der Waals surface area contributed by atoms with Gasteiger partial charge in [-0.2, -0.15) is 0 Å². The van der Waals surface area contributed by atoms with Crippen LogP contribution in [-0.2, 0) is 66.4 Å². The van der Waals surface area contributed by atoms with Gasteiger partial charge in [0, 0.05) is 12.2 Å². The van der Waals surface area contributed by atoms with Crippen LogP contribution in [0, 0.1) is 0 Å². The molecule has 0 aromatic heterocycles. The van der Waals surface area contributed by atoms with Gasteiger partial charge in [0.15, 0.2) is 0 Å². The zero-order valence-corrected chi connectivity index (χ0v) is 40.9. The van der Waals surface area contributed by atoms with Gasteiger partial charge in [0.2, 0.25) is 0 Å². The molecule has 0 aliphatic rings. The van der Waals surface area contributed by atoms with Crippen LogP contribution in [0.3, 0.4) is 0 Å². The van der Waals surface area contributed by atoms with Crippen LogP contribution in [-0.4, -0.2) is 200 Å². The van der Waals surface area contributed by atoms with Gasteiger partial charge in [-0.15, -0.1) is 0 Å². The van der Waals surface area contributed by atoms with Crippen LogP contribution in [0.2, 0.25) is 0 Å². The highest BCUT2D eigenvalue weighted by Crippen LogP contribution is 2.07. The van der Waals surface area contributed by atoms with Crippen molar-refractivity contribution >= 4 is 5.97 Å². The molecule has 0 saturated carbocycles. The minimum Gasteiger partial charge on any atom is -0.478 e. The number of aliphatic carboxylic acids is 1. The van der Waals surface area contributed by atoms with Crippen molar-refractivity contribution in [3.8, 4) is 0 Å². The Balaban J connectivity index is 0. The number of hydrogen-bond donors (Lipinski definition) is 3. The van der Waals surface area contributed by atoms with Crippen molar-refractivity contribution in [2.24, 2.45) is 0 Å². The molecule has 13 atom stereocenters. The monoisotopic (exact) mass is 903 g/mol. The lowest BCUT2D eigenvalue weighted by molar-refractivity contribution is -0.132. The molecule has 62 heavy (non-hydrogen) atoms. The second-order valence-corrected chi connectivity index (χ2v) is 16.3. The highest BCUT2D eigenvalue weighted by molar-refractivity contribution is 5.84. The number of carboxylic acid groups (broad SMARTS) is 1. The fourth-order valence-electron chi connectivity index (χ4n) is 4.46. The van der Waals surface area contributed by atoms with Gasteiger partial charge in [0.05, 0.1) is 166 Å². The van der Waals surface area contributed by atoms with Crippen molar-refractivity contribution in [3.05, 3.63) is 12.2 Å². The second kappa shape index (κ2) is 39.9. The van der Waals surface area contributed by atoms with Gasteiger partial charge in [0.25, 0.3) is 0 Å². The Bertz CT molecular complexity index is 1030. The molecular weight excluding hydrogens is 812 g/mol.